The van der Waals surface area contributed by atoms with Gasteiger partial charge < -0.3 is 4.90 Å². The normalized spacial score (nSPS) is 14.1. The van der Waals surface area contributed by atoms with Crippen LogP contribution in [0.25, 0.3) is 0 Å². The third-order valence-corrected chi connectivity index (χ3v) is 4.35. The van der Waals surface area contributed by atoms with Gasteiger partial charge in [0.1, 0.15) is 6.67 Å². The Balaban J connectivity index is 1.94. The maximum absolute atomic E-state index is 13.0. The van der Waals surface area contributed by atoms with Crippen LogP contribution in [0.4, 0.5) is 5.69 Å². The molecule has 3 rings (SSSR count). The van der Waals surface area contributed by atoms with Crippen LogP contribution in [0.5, 0.6) is 0 Å². The fourth-order valence-electron chi connectivity index (χ4n) is 2.87. The van der Waals surface area contributed by atoms with Crippen molar-refractivity contribution in [3.05, 3.63) is 64.7 Å². The largest absolute Gasteiger partial charge is 0.324 e. The van der Waals surface area contributed by atoms with Crippen molar-refractivity contribution < 1.29 is 9.59 Å². The Morgan fingerprint density at radius 3 is 2.67 bits per heavy atom. The molecule has 2 amide bonds. The van der Waals surface area contributed by atoms with Gasteiger partial charge in [0.05, 0.1) is 0 Å². The summed E-state index contributed by atoms with van der Waals surface area (Å²) in [6.45, 7) is 2.87. The second-order valence-corrected chi connectivity index (χ2v) is 6.42. The zero-order chi connectivity index (χ0) is 17.1. The van der Waals surface area contributed by atoms with Gasteiger partial charge in [0.25, 0.3) is 5.91 Å². The standard InChI is InChI=1S/C19H19ClN2O2/c1-14-5-2-6-15(11-14)19(24)22(13-21-10-4-9-18(21)23)17-8-3-7-16(20)12-17/h2-3,5-8,11-12H,4,9-10,13H2,1H3. The zero-order valence-corrected chi connectivity index (χ0v) is 14.3. The number of carbonyl (C=O) groups is 2. The zero-order valence-electron chi connectivity index (χ0n) is 13.5. The molecule has 4 nitrogen and oxygen atoms in total. The maximum Gasteiger partial charge on any atom is 0.259 e. The third-order valence-electron chi connectivity index (χ3n) is 4.11. The Morgan fingerprint density at radius 2 is 2.00 bits per heavy atom. The van der Waals surface area contributed by atoms with Gasteiger partial charge in [-0.25, -0.2) is 0 Å². The Kier molecular flexibility index (Phi) is 4.86. The molecule has 0 aromatic heterocycles. The van der Waals surface area contributed by atoms with Gasteiger partial charge in [-0.3, -0.25) is 14.5 Å². The number of aryl methyl sites for hydroxylation is 1. The summed E-state index contributed by atoms with van der Waals surface area (Å²) < 4.78 is 0. The highest BCUT2D eigenvalue weighted by Gasteiger charge is 2.26. The molecule has 0 unspecified atom stereocenters. The van der Waals surface area contributed by atoms with Crippen LogP contribution < -0.4 is 4.90 Å². The predicted molar refractivity (Wildman–Crippen MR) is 95.3 cm³/mol. The van der Waals surface area contributed by atoms with Crippen LogP contribution in [-0.2, 0) is 4.79 Å². The quantitative estimate of drug-likeness (QED) is 0.846. The lowest BCUT2D eigenvalue weighted by Gasteiger charge is -2.28. The summed E-state index contributed by atoms with van der Waals surface area (Å²) in [4.78, 5) is 28.4. The number of benzene rings is 2. The van der Waals surface area contributed by atoms with Crippen molar-refractivity contribution in [2.24, 2.45) is 0 Å². The minimum Gasteiger partial charge on any atom is -0.324 e. The Labute approximate surface area is 146 Å². The number of hydrogen-bond acceptors (Lipinski definition) is 2. The number of amides is 2. The fraction of sp³-hybridized carbons (Fsp3) is 0.263. The van der Waals surface area contributed by atoms with E-state index in [-0.39, 0.29) is 18.5 Å². The molecule has 0 N–H and O–H groups in total. The molecular formula is C19H19ClN2O2. The van der Waals surface area contributed by atoms with Gasteiger partial charge in [0, 0.05) is 29.2 Å². The summed E-state index contributed by atoms with van der Waals surface area (Å²) >= 11 is 6.09. The fourth-order valence-corrected chi connectivity index (χ4v) is 3.05. The summed E-state index contributed by atoms with van der Waals surface area (Å²) in [6.07, 6.45) is 1.38. The van der Waals surface area contributed by atoms with E-state index in [1.165, 1.54) is 0 Å². The lowest BCUT2D eigenvalue weighted by Crippen LogP contribution is -2.42. The Hall–Kier alpha value is -2.33. The Bertz CT molecular complexity index is 775. The molecule has 24 heavy (non-hydrogen) atoms. The monoisotopic (exact) mass is 342 g/mol. The molecule has 0 aliphatic carbocycles. The van der Waals surface area contributed by atoms with Crippen molar-refractivity contribution >= 4 is 29.1 Å². The van der Waals surface area contributed by atoms with Gasteiger partial charge in [-0.2, -0.15) is 0 Å². The van der Waals surface area contributed by atoms with Crippen LogP contribution in [0.2, 0.25) is 5.02 Å². The highest BCUT2D eigenvalue weighted by molar-refractivity contribution is 6.31. The summed E-state index contributed by atoms with van der Waals surface area (Å²) in [6, 6.07) is 14.6. The molecule has 1 fully saturated rings. The second-order valence-electron chi connectivity index (χ2n) is 5.98. The van der Waals surface area contributed by atoms with E-state index in [4.69, 9.17) is 11.6 Å². The molecule has 1 heterocycles. The van der Waals surface area contributed by atoms with Crippen LogP contribution in [0.1, 0.15) is 28.8 Å². The van der Waals surface area contributed by atoms with E-state index in [9.17, 15) is 9.59 Å². The first-order chi connectivity index (χ1) is 11.5. The number of carbonyl (C=O) groups excluding carboxylic acids is 2. The summed E-state index contributed by atoms with van der Waals surface area (Å²) in [7, 11) is 0. The Morgan fingerprint density at radius 1 is 1.21 bits per heavy atom. The van der Waals surface area contributed by atoms with E-state index in [0.29, 0.717) is 29.2 Å². The van der Waals surface area contributed by atoms with Crippen LogP contribution in [0, 0.1) is 6.92 Å². The van der Waals surface area contributed by atoms with E-state index in [0.717, 1.165) is 12.0 Å². The van der Waals surface area contributed by atoms with Crippen LogP contribution in [0.15, 0.2) is 48.5 Å². The van der Waals surface area contributed by atoms with Crippen LogP contribution >= 0.6 is 11.6 Å². The van der Waals surface area contributed by atoms with Crippen LogP contribution in [-0.4, -0.2) is 29.9 Å². The highest BCUT2D eigenvalue weighted by Crippen LogP contribution is 2.23. The maximum atomic E-state index is 13.0. The number of rotatable bonds is 4. The molecule has 0 radical (unpaired) electrons. The highest BCUT2D eigenvalue weighted by atomic mass is 35.5. The van der Waals surface area contributed by atoms with Crippen molar-refractivity contribution in [1.82, 2.24) is 4.90 Å². The molecule has 0 saturated carbocycles. The van der Waals surface area contributed by atoms with Gasteiger partial charge in [-0.1, -0.05) is 35.4 Å². The minimum atomic E-state index is -0.138. The first kappa shape index (κ1) is 16.5. The summed E-state index contributed by atoms with van der Waals surface area (Å²) in [5.41, 5.74) is 2.31. The van der Waals surface area contributed by atoms with Gasteiger partial charge in [-0.05, 0) is 43.7 Å². The summed E-state index contributed by atoms with van der Waals surface area (Å²) in [5.74, 6) is -0.0558. The van der Waals surface area contributed by atoms with Crippen molar-refractivity contribution in [2.75, 3.05) is 18.1 Å². The summed E-state index contributed by atoms with van der Waals surface area (Å²) in [5, 5.41) is 0.558. The SMILES string of the molecule is Cc1cccc(C(=O)N(CN2CCCC2=O)c2cccc(Cl)c2)c1. The molecule has 124 valence electrons. The molecule has 1 aliphatic heterocycles. The predicted octanol–water partition coefficient (Wildman–Crippen LogP) is 3.88. The molecule has 1 aliphatic rings. The first-order valence-corrected chi connectivity index (χ1v) is 8.34. The van der Waals surface area contributed by atoms with Gasteiger partial charge in [0.15, 0.2) is 0 Å². The number of hydrogen-bond donors (Lipinski definition) is 0. The average Bonchev–Trinajstić information content (AvgIpc) is 2.97. The third kappa shape index (κ3) is 3.60. The van der Waals surface area contributed by atoms with Crippen molar-refractivity contribution in [3.8, 4) is 0 Å². The molecule has 0 spiro atoms. The van der Waals surface area contributed by atoms with Crippen LogP contribution in [0.3, 0.4) is 0 Å². The molecular weight excluding hydrogens is 324 g/mol. The smallest absolute Gasteiger partial charge is 0.259 e. The van der Waals surface area contributed by atoms with E-state index >= 15 is 0 Å². The molecule has 0 atom stereocenters. The molecule has 1 saturated heterocycles. The van der Waals surface area contributed by atoms with E-state index in [2.05, 4.69) is 0 Å². The number of likely N-dealkylation sites (tertiary alicyclic amines) is 1. The van der Waals surface area contributed by atoms with Gasteiger partial charge in [-0.15, -0.1) is 0 Å². The number of halogens is 1. The van der Waals surface area contributed by atoms with E-state index < -0.39 is 0 Å². The molecule has 0 bridgehead atoms. The topological polar surface area (TPSA) is 40.6 Å². The second kappa shape index (κ2) is 7.05. The average molecular weight is 343 g/mol. The molecule has 5 heteroatoms. The number of anilines is 1. The first-order valence-electron chi connectivity index (χ1n) is 7.96. The lowest BCUT2D eigenvalue weighted by atomic mass is 10.1. The molecule has 2 aromatic rings. The van der Waals surface area contributed by atoms with Crippen molar-refractivity contribution in [1.29, 1.82) is 0 Å². The van der Waals surface area contributed by atoms with Crippen molar-refractivity contribution in [2.45, 2.75) is 19.8 Å². The van der Waals surface area contributed by atoms with E-state index in [1.54, 1.807) is 34.1 Å². The molecule has 2 aromatic carbocycles. The van der Waals surface area contributed by atoms with Crippen molar-refractivity contribution in [3.63, 3.8) is 0 Å². The van der Waals surface area contributed by atoms with Gasteiger partial charge >= 0.3 is 0 Å². The van der Waals surface area contributed by atoms with Gasteiger partial charge in [0.2, 0.25) is 5.91 Å². The van der Waals surface area contributed by atoms with E-state index in [1.807, 2.05) is 31.2 Å². The number of nitrogens with zero attached hydrogens (tertiary/aromatic N) is 2. The lowest BCUT2D eigenvalue weighted by molar-refractivity contribution is -0.127. The minimum absolute atomic E-state index is 0.0825.